The van der Waals surface area contributed by atoms with E-state index in [2.05, 4.69) is 25.6 Å². The average molecular weight is 375 g/mol. The molecule has 0 aliphatic heterocycles. The van der Waals surface area contributed by atoms with Gasteiger partial charge in [-0.2, -0.15) is 0 Å². The number of rotatable bonds is 4. The first kappa shape index (κ1) is 15.4. The van der Waals surface area contributed by atoms with Crippen LogP contribution in [0.2, 0.25) is 0 Å². The van der Waals surface area contributed by atoms with E-state index >= 15 is 0 Å². The number of carboxylic acids is 1. The predicted molar refractivity (Wildman–Crippen MR) is 76.1 cm³/mol. The fourth-order valence-corrected chi connectivity index (χ4v) is 3.07. The summed E-state index contributed by atoms with van der Waals surface area (Å²) in [5, 5.41) is 8.82. The number of carbonyl (C=O) groups is 1. The molecule has 2 N–H and O–H groups in total. The number of sulfonamides is 1. The number of anilines is 1. The molecule has 2 rings (SSSR count). The third-order valence-electron chi connectivity index (χ3n) is 2.48. The molecule has 0 atom stereocenters. The average Bonchev–Trinajstić information content (AvgIpc) is 2.41. The van der Waals surface area contributed by atoms with E-state index in [4.69, 9.17) is 5.11 Å². The number of halogens is 2. The van der Waals surface area contributed by atoms with Crippen molar-refractivity contribution in [1.29, 1.82) is 0 Å². The van der Waals surface area contributed by atoms with Crippen LogP contribution >= 0.6 is 15.9 Å². The van der Waals surface area contributed by atoms with Crippen LogP contribution in [0.3, 0.4) is 0 Å². The van der Waals surface area contributed by atoms with Crippen LogP contribution in [0.5, 0.6) is 0 Å². The van der Waals surface area contributed by atoms with Gasteiger partial charge < -0.3 is 5.11 Å². The molecule has 21 heavy (non-hydrogen) atoms. The Labute approximate surface area is 127 Å². The number of pyridine rings is 1. The van der Waals surface area contributed by atoms with Crippen molar-refractivity contribution in [3.05, 3.63) is 52.5 Å². The molecule has 0 bridgehead atoms. The van der Waals surface area contributed by atoms with Gasteiger partial charge in [-0.05, 0) is 46.3 Å². The zero-order valence-electron chi connectivity index (χ0n) is 10.2. The van der Waals surface area contributed by atoms with Gasteiger partial charge in [0, 0.05) is 6.20 Å². The van der Waals surface area contributed by atoms with Gasteiger partial charge in [-0.15, -0.1) is 0 Å². The minimum Gasteiger partial charge on any atom is -0.478 e. The maximum Gasteiger partial charge on any atom is 0.338 e. The third-order valence-corrected chi connectivity index (χ3v) is 4.48. The molecule has 0 saturated heterocycles. The lowest BCUT2D eigenvalue weighted by Gasteiger charge is -2.09. The molecule has 0 radical (unpaired) electrons. The normalized spacial score (nSPS) is 11.1. The van der Waals surface area contributed by atoms with Crippen molar-refractivity contribution < 1.29 is 22.7 Å². The molecule has 0 spiro atoms. The van der Waals surface area contributed by atoms with E-state index in [1.165, 1.54) is 18.3 Å². The van der Waals surface area contributed by atoms with Crippen molar-refractivity contribution in [2.24, 2.45) is 0 Å². The monoisotopic (exact) mass is 374 g/mol. The largest absolute Gasteiger partial charge is 0.478 e. The minimum atomic E-state index is -4.06. The van der Waals surface area contributed by atoms with Gasteiger partial charge in [0.05, 0.1) is 16.1 Å². The lowest BCUT2D eigenvalue weighted by molar-refractivity contribution is 0.0691. The molecule has 110 valence electrons. The second kappa shape index (κ2) is 5.78. The fraction of sp³-hybridized carbons (Fsp3) is 0. The number of nitrogens with zero attached hydrogens (tertiary/aromatic N) is 1. The summed E-state index contributed by atoms with van der Waals surface area (Å²) in [6, 6.07) is 5.52. The molecule has 0 aliphatic carbocycles. The Kier molecular flexibility index (Phi) is 4.24. The summed E-state index contributed by atoms with van der Waals surface area (Å²) in [5.41, 5.74) is -0.540. The molecule has 0 unspecified atom stereocenters. The zero-order valence-corrected chi connectivity index (χ0v) is 12.6. The van der Waals surface area contributed by atoms with Gasteiger partial charge in [0.25, 0.3) is 10.0 Å². The first-order valence-corrected chi connectivity index (χ1v) is 7.75. The molecule has 1 aromatic heterocycles. The number of hydrogen-bond acceptors (Lipinski definition) is 4. The number of carboxylic acid groups (broad SMARTS) is 1. The van der Waals surface area contributed by atoms with E-state index in [1.807, 2.05) is 0 Å². The van der Waals surface area contributed by atoms with Gasteiger partial charge in [0.15, 0.2) is 0 Å². The van der Waals surface area contributed by atoms with Gasteiger partial charge in [0.2, 0.25) is 0 Å². The summed E-state index contributed by atoms with van der Waals surface area (Å²) in [7, 11) is -4.06. The Balaban J connectivity index is 2.43. The Morgan fingerprint density at radius 3 is 2.67 bits per heavy atom. The lowest BCUT2D eigenvalue weighted by Crippen LogP contribution is -2.15. The molecule has 0 amide bonds. The van der Waals surface area contributed by atoms with Crippen molar-refractivity contribution in [3.63, 3.8) is 0 Å². The van der Waals surface area contributed by atoms with Gasteiger partial charge in [-0.3, -0.25) is 4.72 Å². The Morgan fingerprint density at radius 1 is 1.33 bits per heavy atom. The van der Waals surface area contributed by atoms with Gasteiger partial charge in [-0.1, -0.05) is 0 Å². The molecule has 0 aliphatic rings. The van der Waals surface area contributed by atoms with Crippen LogP contribution in [0.4, 0.5) is 10.1 Å². The van der Waals surface area contributed by atoms with Gasteiger partial charge >= 0.3 is 5.97 Å². The summed E-state index contributed by atoms with van der Waals surface area (Å²) < 4.78 is 40.1. The van der Waals surface area contributed by atoms with E-state index in [0.717, 1.165) is 18.2 Å². The number of aromatic nitrogens is 1. The number of aromatic carboxylic acids is 1. The molecule has 6 nitrogen and oxygen atoms in total. The lowest BCUT2D eigenvalue weighted by atomic mass is 10.2. The first-order chi connectivity index (χ1) is 9.81. The summed E-state index contributed by atoms with van der Waals surface area (Å²) in [6.45, 7) is 0. The molecule has 2 aromatic rings. The van der Waals surface area contributed by atoms with Crippen LogP contribution in [0, 0.1) is 5.82 Å². The quantitative estimate of drug-likeness (QED) is 0.801. The Morgan fingerprint density at radius 2 is 2.05 bits per heavy atom. The topological polar surface area (TPSA) is 96.4 Å². The number of nitrogens with one attached hydrogen (secondary N) is 1. The molecule has 1 heterocycles. The number of hydrogen-bond donors (Lipinski definition) is 2. The molecular weight excluding hydrogens is 367 g/mol. The maximum absolute atomic E-state index is 13.3. The minimum absolute atomic E-state index is 0.179. The van der Waals surface area contributed by atoms with E-state index in [9.17, 15) is 17.6 Å². The SMILES string of the molecule is O=C(O)c1cc(S(=O)(=O)Nc2cccnc2Br)ccc1F. The van der Waals surface area contributed by atoms with Gasteiger partial charge in [0.1, 0.15) is 10.4 Å². The highest BCUT2D eigenvalue weighted by Gasteiger charge is 2.20. The predicted octanol–water partition coefficient (Wildman–Crippen LogP) is 2.48. The van der Waals surface area contributed by atoms with Crippen LogP contribution in [-0.4, -0.2) is 24.5 Å². The zero-order chi connectivity index (χ0) is 15.6. The Hall–Kier alpha value is -2.00. The number of benzene rings is 1. The van der Waals surface area contributed by atoms with Crippen molar-refractivity contribution in [2.75, 3.05) is 4.72 Å². The standard InChI is InChI=1S/C12H8BrFN2O4S/c13-11-10(2-1-5-15-11)16-21(19,20)7-3-4-9(14)8(6-7)12(17)18/h1-6,16H,(H,17,18). The van der Waals surface area contributed by atoms with Crippen LogP contribution in [-0.2, 0) is 10.0 Å². The van der Waals surface area contributed by atoms with Crippen LogP contribution in [0.25, 0.3) is 0 Å². The van der Waals surface area contributed by atoms with Crippen molar-refractivity contribution in [1.82, 2.24) is 4.98 Å². The van der Waals surface area contributed by atoms with Crippen LogP contribution < -0.4 is 4.72 Å². The summed E-state index contributed by atoms with van der Waals surface area (Å²) in [4.78, 5) is 14.3. The first-order valence-electron chi connectivity index (χ1n) is 5.47. The van der Waals surface area contributed by atoms with Crippen molar-refractivity contribution in [2.45, 2.75) is 4.90 Å². The molecule has 1 aromatic carbocycles. The van der Waals surface area contributed by atoms with E-state index in [-0.39, 0.29) is 15.2 Å². The van der Waals surface area contributed by atoms with Crippen molar-refractivity contribution in [3.8, 4) is 0 Å². The van der Waals surface area contributed by atoms with Crippen LogP contribution in [0.15, 0.2) is 46.0 Å². The molecule has 0 saturated carbocycles. The van der Waals surface area contributed by atoms with Crippen LogP contribution in [0.1, 0.15) is 10.4 Å². The highest BCUT2D eigenvalue weighted by Crippen LogP contribution is 2.23. The molecule has 9 heteroatoms. The fourth-order valence-electron chi connectivity index (χ4n) is 1.50. The van der Waals surface area contributed by atoms with E-state index in [1.54, 1.807) is 0 Å². The second-order valence-corrected chi connectivity index (χ2v) is 6.33. The summed E-state index contributed by atoms with van der Waals surface area (Å²) in [6.07, 6.45) is 1.46. The van der Waals surface area contributed by atoms with E-state index < -0.39 is 27.4 Å². The Bertz CT molecular complexity index is 811. The highest BCUT2D eigenvalue weighted by atomic mass is 79.9. The van der Waals surface area contributed by atoms with E-state index in [0.29, 0.717) is 0 Å². The van der Waals surface area contributed by atoms with Gasteiger partial charge in [-0.25, -0.2) is 22.6 Å². The second-order valence-electron chi connectivity index (χ2n) is 3.89. The smallest absolute Gasteiger partial charge is 0.338 e. The highest BCUT2D eigenvalue weighted by molar-refractivity contribution is 9.10. The molecule has 0 fully saturated rings. The third kappa shape index (κ3) is 3.37. The summed E-state index contributed by atoms with van der Waals surface area (Å²) >= 11 is 3.08. The maximum atomic E-state index is 13.3. The van der Waals surface area contributed by atoms with Crippen molar-refractivity contribution >= 4 is 37.6 Å². The molecular formula is C12H8BrFN2O4S. The summed E-state index contributed by atoms with van der Waals surface area (Å²) in [5.74, 6) is -2.56.